The van der Waals surface area contributed by atoms with Crippen molar-refractivity contribution in [1.82, 2.24) is 4.90 Å². The number of hydrogen-bond acceptors (Lipinski definition) is 3. The Balaban J connectivity index is 2.25. The van der Waals surface area contributed by atoms with Crippen LogP contribution < -0.4 is 5.73 Å². The molecule has 0 radical (unpaired) electrons. The summed E-state index contributed by atoms with van der Waals surface area (Å²) in [4.78, 5) is 2.34. The minimum Gasteiger partial charge on any atom is -0.409 e. The Morgan fingerprint density at radius 3 is 2.53 bits per heavy atom. The van der Waals surface area contributed by atoms with Crippen LogP contribution in [0.1, 0.15) is 39.0 Å². The van der Waals surface area contributed by atoms with Gasteiger partial charge in [-0.25, -0.2) is 0 Å². The number of oxime groups is 1. The van der Waals surface area contributed by atoms with Gasteiger partial charge in [-0.15, -0.1) is 0 Å². The Hall–Kier alpha value is -0.770. The SMILES string of the molecule is CC1CCC(N(C)CC/C(N)=N/O)CC1. The Morgan fingerprint density at radius 1 is 1.40 bits per heavy atom. The van der Waals surface area contributed by atoms with Crippen molar-refractivity contribution in [2.45, 2.75) is 45.1 Å². The standard InChI is InChI=1S/C11H23N3O/c1-9-3-5-10(6-4-9)14(2)8-7-11(12)13-15/h9-10,15H,3-8H2,1-2H3,(H2,12,13). The van der Waals surface area contributed by atoms with E-state index in [1.54, 1.807) is 0 Å². The minimum atomic E-state index is 0.325. The van der Waals surface area contributed by atoms with Crippen molar-refractivity contribution in [3.05, 3.63) is 0 Å². The molecular weight excluding hydrogens is 190 g/mol. The van der Waals surface area contributed by atoms with Crippen molar-refractivity contribution in [3.63, 3.8) is 0 Å². The number of amidine groups is 1. The summed E-state index contributed by atoms with van der Waals surface area (Å²) >= 11 is 0. The van der Waals surface area contributed by atoms with Crippen LogP contribution in [-0.4, -0.2) is 35.6 Å². The van der Waals surface area contributed by atoms with Gasteiger partial charge in [0.15, 0.2) is 0 Å². The maximum atomic E-state index is 8.44. The lowest BCUT2D eigenvalue weighted by Gasteiger charge is -2.33. The van der Waals surface area contributed by atoms with Gasteiger partial charge >= 0.3 is 0 Å². The summed E-state index contributed by atoms with van der Waals surface area (Å²) in [6.45, 7) is 3.21. The molecule has 88 valence electrons. The summed E-state index contributed by atoms with van der Waals surface area (Å²) in [5.41, 5.74) is 5.45. The molecule has 0 aromatic rings. The minimum absolute atomic E-state index is 0.325. The maximum Gasteiger partial charge on any atom is 0.140 e. The quantitative estimate of drug-likeness (QED) is 0.323. The first kappa shape index (κ1) is 12.3. The highest BCUT2D eigenvalue weighted by Gasteiger charge is 2.21. The van der Waals surface area contributed by atoms with Crippen molar-refractivity contribution in [1.29, 1.82) is 0 Å². The predicted molar refractivity (Wildman–Crippen MR) is 62.1 cm³/mol. The normalized spacial score (nSPS) is 28.3. The third kappa shape index (κ3) is 4.08. The fraction of sp³-hybridized carbons (Fsp3) is 0.909. The molecule has 1 saturated carbocycles. The Labute approximate surface area is 92.1 Å². The molecule has 4 nitrogen and oxygen atoms in total. The molecule has 3 N–H and O–H groups in total. The lowest BCUT2D eigenvalue weighted by molar-refractivity contribution is 0.173. The molecule has 0 aromatic carbocycles. The highest BCUT2D eigenvalue weighted by molar-refractivity contribution is 5.79. The highest BCUT2D eigenvalue weighted by Crippen LogP contribution is 2.26. The van der Waals surface area contributed by atoms with Crippen LogP contribution in [-0.2, 0) is 0 Å². The van der Waals surface area contributed by atoms with Crippen molar-refractivity contribution in [3.8, 4) is 0 Å². The van der Waals surface area contributed by atoms with Gasteiger partial charge in [-0.05, 0) is 38.6 Å². The number of hydrogen-bond donors (Lipinski definition) is 2. The highest BCUT2D eigenvalue weighted by atomic mass is 16.4. The van der Waals surface area contributed by atoms with Gasteiger partial charge in [0.2, 0.25) is 0 Å². The van der Waals surface area contributed by atoms with Crippen LogP contribution in [0.2, 0.25) is 0 Å². The lowest BCUT2D eigenvalue weighted by Crippen LogP contribution is -2.36. The molecule has 0 aliphatic heterocycles. The van der Waals surface area contributed by atoms with E-state index in [-0.39, 0.29) is 0 Å². The molecule has 0 amide bonds. The van der Waals surface area contributed by atoms with Crippen LogP contribution in [0.25, 0.3) is 0 Å². The van der Waals surface area contributed by atoms with Crippen LogP contribution in [0.4, 0.5) is 0 Å². The molecule has 0 unspecified atom stereocenters. The van der Waals surface area contributed by atoms with Gasteiger partial charge in [0.25, 0.3) is 0 Å². The molecule has 1 aliphatic rings. The summed E-state index contributed by atoms with van der Waals surface area (Å²) < 4.78 is 0. The molecule has 0 aromatic heterocycles. The Morgan fingerprint density at radius 2 is 2.00 bits per heavy atom. The molecular formula is C11H23N3O. The zero-order chi connectivity index (χ0) is 11.3. The first-order valence-electron chi connectivity index (χ1n) is 5.80. The van der Waals surface area contributed by atoms with Gasteiger partial charge in [-0.2, -0.15) is 0 Å². The largest absolute Gasteiger partial charge is 0.409 e. The summed E-state index contributed by atoms with van der Waals surface area (Å²) in [5, 5.41) is 11.4. The predicted octanol–water partition coefficient (Wildman–Crippen LogP) is 1.63. The Kier molecular flexibility index (Phi) is 4.88. The topological polar surface area (TPSA) is 61.8 Å². The van der Waals surface area contributed by atoms with E-state index in [2.05, 4.69) is 24.0 Å². The average Bonchev–Trinajstić information content (AvgIpc) is 2.26. The third-order valence-electron chi connectivity index (χ3n) is 3.46. The molecule has 1 aliphatic carbocycles. The third-order valence-corrected chi connectivity index (χ3v) is 3.46. The number of rotatable bonds is 4. The van der Waals surface area contributed by atoms with E-state index >= 15 is 0 Å². The summed E-state index contributed by atoms with van der Waals surface area (Å²) in [6, 6.07) is 0.688. The van der Waals surface area contributed by atoms with Gasteiger partial charge < -0.3 is 15.8 Å². The van der Waals surface area contributed by atoms with Crippen LogP contribution in [0, 0.1) is 5.92 Å². The lowest BCUT2D eigenvalue weighted by atomic mass is 9.87. The molecule has 0 spiro atoms. The van der Waals surface area contributed by atoms with Crippen molar-refractivity contribution >= 4 is 5.84 Å². The number of nitrogens with two attached hydrogens (primary N) is 1. The summed E-state index contributed by atoms with van der Waals surface area (Å²) in [5.74, 6) is 1.21. The molecule has 0 bridgehead atoms. The van der Waals surface area contributed by atoms with E-state index in [1.807, 2.05) is 0 Å². The van der Waals surface area contributed by atoms with E-state index in [4.69, 9.17) is 10.9 Å². The zero-order valence-corrected chi connectivity index (χ0v) is 9.82. The molecule has 0 heterocycles. The van der Waals surface area contributed by atoms with Gasteiger partial charge in [0.1, 0.15) is 5.84 Å². The van der Waals surface area contributed by atoms with Gasteiger partial charge in [0.05, 0.1) is 0 Å². The van der Waals surface area contributed by atoms with Crippen LogP contribution in [0.15, 0.2) is 5.16 Å². The van der Waals surface area contributed by atoms with Gasteiger partial charge in [-0.3, -0.25) is 0 Å². The van der Waals surface area contributed by atoms with Crippen LogP contribution in [0.3, 0.4) is 0 Å². The second-order valence-corrected chi connectivity index (χ2v) is 4.74. The fourth-order valence-electron chi connectivity index (χ4n) is 2.21. The summed E-state index contributed by atoms with van der Waals surface area (Å²) in [6.07, 6.45) is 5.89. The first-order valence-corrected chi connectivity index (χ1v) is 5.80. The molecule has 0 atom stereocenters. The average molecular weight is 213 g/mol. The second-order valence-electron chi connectivity index (χ2n) is 4.74. The maximum absolute atomic E-state index is 8.44. The smallest absolute Gasteiger partial charge is 0.140 e. The van der Waals surface area contributed by atoms with Crippen molar-refractivity contribution < 1.29 is 5.21 Å². The number of nitrogens with zero attached hydrogens (tertiary/aromatic N) is 2. The zero-order valence-electron chi connectivity index (χ0n) is 9.82. The van der Waals surface area contributed by atoms with Gasteiger partial charge in [-0.1, -0.05) is 12.1 Å². The molecule has 1 fully saturated rings. The van der Waals surface area contributed by atoms with E-state index in [9.17, 15) is 0 Å². The van der Waals surface area contributed by atoms with Crippen LogP contribution >= 0.6 is 0 Å². The Bertz CT molecular complexity index is 210. The van der Waals surface area contributed by atoms with Gasteiger partial charge in [0, 0.05) is 19.0 Å². The van der Waals surface area contributed by atoms with E-state index < -0.39 is 0 Å². The first-order chi connectivity index (χ1) is 7.13. The molecule has 1 rings (SSSR count). The summed E-state index contributed by atoms with van der Waals surface area (Å²) in [7, 11) is 2.13. The monoisotopic (exact) mass is 213 g/mol. The molecule has 0 saturated heterocycles. The van der Waals surface area contributed by atoms with Crippen molar-refractivity contribution in [2.75, 3.05) is 13.6 Å². The van der Waals surface area contributed by atoms with Crippen LogP contribution in [0.5, 0.6) is 0 Å². The molecule has 4 heteroatoms. The van der Waals surface area contributed by atoms with Crippen molar-refractivity contribution in [2.24, 2.45) is 16.8 Å². The fourth-order valence-corrected chi connectivity index (χ4v) is 2.21. The second kappa shape index (κ2) is 5.95. The van der Waals surface area contributed by atoms with E-state index in [0.717, 1.165) is 12.5 Å². The van der Waals surface area contributed by atoms with E-state index in [1.165, 1.54) is 25.7 Å². The molecule has 15 heavy (non-hydrogen) atoms. The van der Waals surface area contributed by atoms with E-state index in [0.29, 0.717) is 18.3 Å².